The molecule has 0 aliphatic carbocycles. The Balaban J connectivity index is 2.11. The SMILES string of the molecule is CCC(Cl)CCCc1cncs1. The summed E-state index contributed by atoms with van der Waals surface area (Å²) >= 11 is 7.72. The topological polar surface area (TPSA) is 12.9 Å². The molecule has 1 rings (SSSR count). The Kier molecular flexibility index (Phi) is 4.62. The van der Waals surface area contributed by atoms with E-state index >= 15 is 0 Å². The van der Waals surface area contributed by atoms with E-state index in [0.29, 0.717) is 5.38 Å². The van der Waals surface area contributed by atoms with Crippen molar-refractivity contribution in [1.29, 1.82) is 0 Å². The van der Waals surface area contributed by atoms with Crippen molar-refractivity contribution < 1.29 is 0 Å². The maximum Gasteiger partial charge on any atom is 0.0794 e. The second-order valence-corrected chi connectivity index (χ2v) is 4.45. The maximum absolute atomic E-state index is 5.99. The summed E-state index contributed by atoms with van der Waals surface area (Å²) in [5.41, 5.74) is 1.88. The van der Waals surface area contributed by atoms with Crippen LogP contribution in [0.3, 0.4) is 0 Å². The van der Waals surface area contributed by atoms with Gasteiger partial charge in [0.25, 0.3) is 0 Å². The summed E-state index contributed by atoms with van der Waals surface area (Å²) in [7, 11) is 0. The van der Waals surface area contributed by atoms with E-state index in [2.05, 4.69) is 11.9 Å². The van der Waals surface area contributed by atoms with Crippen molar-refractivity contribution >= 4 is 22.9 Å². The number of alkyl halides is 1. The third-order valence-corrected chi connectivity index (χ3v) is 3.23. The summed E-state index contributed by atoms with van der Waals surface area (Å²) in [5, 5.41) is 0.359. The van der Waals surface area contributed by atoms with Gasteiger partial charge in [-0.25, -0.2) is 0 Å². The highest BCUT2D eigenvalue weighted by Gasteiger charge is 2.01. The third-order valence-electron chi connectivity index (χ3n) is 1.87. The zero-order valence-corrected chi connectivity index (χ0v) is 8.87. The number of rotatable bonds is 5. The van der Waals surface area contributed by atoms with Gasteiger partial charge in [0.1, 0.15) is 0 Å². The molecule has 0 N–H and O–H groups in total. The standard InChI is InChI=1S/C9H14ClNS/c1-2-8(10)4-3-5-9-6-11-7-12-9/h6-8H,2-5H2,1H3. The second kappa shape index (κ2) is 5.55. The summed E-state index contributed by atoms with van der Waals surface area (Å²) in [6, 6.07) is 0. The Bertz CT molecular complexity index is 198. The highest BCUT2D eigenvalue weighted by molar-refractivity contribution is 7.09. The molecule has 1 aromatic rings. The molecule has 1 unspecified atom stereocenters. The molecular weight excluding hydrogens is 190 g/mol. The molecule has 3 heteroatoms. The third kappa shape index (κ3) is 3.55. The zero-order chi connectivity index (χ0) is 8.81. The van der Waals surface area contributed by atoms with Crippen LogP contribution in [0.5, 0.6) is 0 Å². The van der Waals surface area contributed by atoms with Crippen LogP contribution in [0.25, 0.3) is 0 Å². The van der Waals surface area contributed by atoms with E-state index in [9.17, 15) is 0 Å². The first kappa shape index (κ1) is 10.0. The normalized spacial score (nSPS) is 13.2. The number of aryl methyl sites for hydroxylation is 1. The Morgan fingerprint density at radius 1 is 1.67 bits per heavy atom. The summed E-state index contributed by atoms with van der Waals surface area (Å²) in [6.07, 6.45) is 6.46. The minimum atomic E-state index is 0.359. The van der Waals surface area contributed by atoms with Crippen LogP contribution in [-0.4, -0.2) is 10.4 Å². The molecule has 1 aromatic heterocycles. The monoisotopic (exact) mass is 203 g/mol. The predicted molar refractivity (Wildman–Crippen MR) is 55.0 cm³/mol. The first-order chi connectivity index (χ1) is 5.83. The van der Waals surface area contributed by atoms with Gasteiger partial charge in [-0.1, -0.05) is 6.92 Å². The van der Waals surface area contributed by atoms with E-state index in [1.165, 1.54) is 11.3 Å². The average Bonchev–Trinajstić information content (AvgIpc) is 2.57. The van der Waals surface area contributed by atoms with E-state index in [-0.39, 0.29) is 0 Å². The van der Waals surface area contributed by atoms with Crippen LogP contribution in [0.1, 0.15) is 31.1 Å². The van der Waals surface area contributed by atoms with E-state index in [0.717, 1.165) is 19.3 Å². The lowest BCUT2D eigenvalue weighted by Crippen LogP contribution is -1.96. The van der Waals surface area contributed by atoms with Crippen molar-refractivity contribution in [2.24, 2.45) is 0 Å². The predicted octanol–water partition coefficient (Wildman–Crippen LogP) is 3.48. The molecule has 0 aliphatic rings. The number of hydrogen-bond acceptors (Lipinski definition) is 2. The van der Waals surface area contributed by atoms with Crippen molar-refractivity contribution in [3.05, 3.63) is 16.6 Å². The highest BCUT2D eigenvalue weighted by Crippen LogP contribution is 2.14. The maximum atomic E-state index is 5.99. The molecule has 12 heavy (non-hydrogen) atoms. The Morgan fingerprint density at radius 2 is 2.50 bits per heavy atom. The zero-order valence-electron chi connectivity index (χ0n) is 7.29. The van der Waals surface area contributed by atoms with Crippen LogP contribution in [0, 0.1) is 0 Å². The number of hydrogen-bond donors (Lipinski definition) is 0. The largest absolute Gasteiger partial charge is 0.253 e. The van der Waals surface area contributed by atoms with E-state index in [1.807, 2.05) is 11.7 Å². The van der Waals surface area contributed by atoms with Crippen LogP contribution in [0.2, 0.25) is 0 Å². The molecule has 1 heterocycles. The molecule has 0 amide bonds. The number of halogens is 1. The van der Waals surface area contributed by atoms with Crippen LogP contribution < -0.4 is 0 Å². The van der Waals surface area contributed by atoms with Gasteiger partial charge in [0.15, 0.2) is 0 Å². The van der Waals surface area contributed by atoms with Gasteiger partial charge in [0.05, 0.1) is 5.51 Å². The van der Waals surface area contributed by atoms with Crippen molar-refractivity contribution in [2.45, 2.75) is 38.0 Å². The van der Waals surface area contributed by atoms with Gasteiger partial charge in [0, 0.05) is 16.5 Å². The molecule has 0 saturated carbocycles. The van der Waals surface area contributed by atoms with Gasteiger partial charge in [-0.3, -0.25) is 4.98 Å². The quantitative estimate of drug-likeness (QED) is 0.668. The molecule has 0 radical (unpaired) electrons. The summed E-state index contributed by atoms with van der Waals surface area (Å²) < 4.78 is 0. The van der Waals surface area contributed by atoms with Gasteiger partial charge in [-0.2, -0.15) is 0 Å². The number of thiazole rings is 1. The van der Waals surface area contributed by atoms with Crippen LogP contribution in [0.15, 0.2) is 11.7 Å². The van der Waals surface area contributed by atoms with Crippen LogP contribution >= 0.6 is 22.9 Å². The summed E-state index contributed by atoms with van der Waals surface area (Å²) in [5.74, 6) is 0. The minimum Gasteiger partial charge on any atom is -0.253 e. The lowest BCUT2D eigenvalue weighted by atomic mass is 10.1. The molecule has 1 nitrogen and oxygen atoms in total. The first-order valence-corrected chi connectivity index (χ1v) is 5.66. The van der Waals surface area contributed by atoms with Gasteiger partial charge in [-0.15, -0.1) is 22.9 Å². The molecule has 0 fully saturated rings. The lowest BCUT2D eigenvalue weighted by molar-refractivity contribution is 0.678. The number of aromatic nitrogens is 1. The van der Waals surface area contributed by atoms with Gasteiger partial charge >= 0.3 is 0 Å². The Hall–Kier alpha value is -0.0800. The number of nitrogens with zero attached hydrogens (tertiary/aromatic N) is 1. The average molecular weight is 204 g/mol. The van der Waals surface area contributed by atoms with Crippen molar-refractivity contribution in [3.63, 3.8) is 0 Å². The fraction of sp³-hybridized carbons (Fsp3) is 0.667. The molecule has 0 aliphatic heterocycles. The smallest absolute Gasteiger partial charge is 0.0794 e. The minimum absolute atomic E-state index is 0.359. The molecule has 68 valence electrons. The van der Waals surface area contributed by atoms with Gasteiger partial charge < -0.3 is 0 Å². The molecule has 0 aromatic carbocycles. The Morgan fingerprint density at radius 3 is 3.08 bits per heavy atom. The van der Waals surface area contributed by atoms with Gasteiger partial charge in [0.2, 0.25) is 0 Å². The van der Waals surface area contributed by atoms with Crippen molar-refractivity contribution in [2.75, 3.05) is 0 Å². The summed E-state index contributed by atoms with van der Waals surface area (Å²) in [6.45, 7) is 2.13. The molecule has 0 saturated heterocycles. The van der Waals surface area contributed by atoms with Crippen molar-refractivity contribution in [1.82, 2.24) is 4.98 Å². The first-order valence-electron chi connectivity index (χ1n) is 4.34. The fourth-order valence-electron chi connectivity index (χ4n) is 1.07. The highest BCUT2D eigenvalue weighted by atomic mass is 35.5. The lowest BCUT2D eigenvalue weighted by Gasteiger charge is -2.03. The Labute approximate surface area is 82.8 Å². The van der Waals surface area contributed by atoms with Crippen LogP contribution in [0.4, 0.5) is 0 Å². The molecular formula is C9H14ClNS. The molecule has 1 atom stereocenters. The molecule has 0 bridgehead atoms. The molecule has 0 spiro atoms. The van der Waals surface area contributed by atoms with E-state index < -0.39 is 0 Å². The van der Waals surface area contributed by atoms with Crippen molar-refractivity contribution in [3.8, 4) is 0 Å². The fourth-order valence-corrected chi connectivity index (χ4v) is 1.86. The van der Waals surface area contributed by atoms with Gasteiger partial charge in [-0.05, 0) is 25.7 Å². The van der Waals surface area contributed by atoms with E-state index in [1.54, 1.807) is 11.3 Å². The summed E-state index contributed by atoms with van der Waals surface area (Å²) in [4.78, 5) is 5.40. The van der Waals surface area contributed by atoms with E-state index in [4.69, 9.17) is 11.6 Å². The second-order valence-electron chi connectivity index (χ2n) is 2.87. The van der Waals surface area contributed by atoms with Crippen LogP contribution in [-0.2, 0) is 6.42 Å².